The second-order valence-electron chi connectivity index (χ2n) is 5.88. The second-order valence-corrected chi connectivity index (χ2v) is 5.88. The second kappa shape index (κ2) is 5.59. The van der Waals surface area contributed by atoms with Crippen LogP contribution in [0, 0.1) is 23.4 Å². The third-order valence-corrected chi connectivity index (χ3v) is 4.53. The van der Waals surface area contributed by atoms with Crippen LogP contribution in [0.25, 0.3) is 0 Å². The minimum atomic E-state index is -1.46. The van der Waals surface area contributed by atoms with Gasteiger partial charge >= 0.3 is 0 Å². The van der Waals surface area contributed by atoms with Crippen LogP contribution in [-0.4, -0.2) is 25.4 Å². The maximum atomic E-state index is 13.9. The maximum Gasteiger partial charge on any atom is 0.194 e. The van der Waals surface area contributed by atoms with Crippen molar-refractivity contribution in [2.75, 3.05) is 19.8 Å². The highest BCUT2D eigenvalue weighted by molar-refractivity contribution is 5.24. The van der Waals surface area contributed by atoms with Gasteiger partial charge < -0.3 is 15.2 Å². The summed E-state index contributed by atoms with van der Waals surface area (Å²) in [4.78, 5) is 0. The van der Waals surface area contributed by atoms with Crippen molar-refractivity contribution >= 4 is 0 Å². The van der Waals surface area contributed by atoms with Crippen molar-refractivity contribution in [3.8, 4) is 0 Å². The van der Waals surface area contributed by atoms with E-state index in [4.69, 9.17) is 15.2 Å². The van der Waals surface area contributed by atoms with Gasteiger partial charge in [-0.25, -0.2) is 13.2 Å². The topological polar surface area (TPSA) is 44.5 Å². The number of nitrogens with two attached hydrogens (primary N) is 1. The summed E-state index contributed by atoms with van der Waals surface area (Å²) < 4.78 is 51.4. The lowest BCUT2D eigenvalue weighted by molar-refractivity contribution is -0.101. The largest absolute Gasteiger partial charge is 0.378 e. The van der Waals surface area contributed by atoms with Gasteiger partial charge in [-0.15, -0.1) is 0 Å². The Balaban J connectivity index is 1.81. The van der Waals surface area contributed by atoms with Crippen LogP contribution >= 0.6 is 0 Å². The van der Waals surface area contributed by atoms with E-state index >= 15 is 0 Å². The Hall–Kier alpha value is -1.11. The molecule has 3 rings (SSSR count). The predicted molar refractivity (Wildman–Crippen MR) is 70.1 cm³/mol. The summed E-state index contributed by atoms with van der Waals surface area (Å²) in [7, 11) is 0. The molecule has 3 unspecified atom stereocenters. The lowest BCUT2D eigenvalue weighted by atomic mass is 9.79. The van der Waals surface area contributed by atoms with E-state index in [0.717, 1.165) is 12.5 Å². The molecule has 2 saturated heterocycles. The fourth-order valence-electron chi connectivity index (χ4n) is 3.29. The van der Waals surface area contributed by atoms with Crippen LogP contribution in [0.2, 0.25) is 0 Å². The molecule has 0 amide bonds. The van der Waals surface area contributed by atoms with E-state index in [2.05, 4.69) is 0 Å². The van der Waals surface area contributed by atoms with E-state index in [0.29, 0.717) is 32.7 Å². The maximum absolute atomic E-state index is 13.9. The third-order valence-electron chi connectivity index (χ3n) is 4.53. The minimum absolute atomic E-state index is 0.0230. The van der Waals surface area contributed by atoms with Crippen LogP contribution in [0.15, 0.2) is 12.1 Å². The Morgan fingerprint density at radius 2 is 2.00 bits per heavy atom. The van der Waals surface area contributed by atoms with Gasteiger partial charge in [0.05, 0.1) is 12.2 Å². The first-order valence-corrected chi connectivity index (χ1v) is 7.13. The van der Waals surface area contributed by atoms with E-state index in [-0.39, 0.29) is 17.1 Å². The van der Waals surface area contributed by atoms with Crippen molar-refractivity contribution in [1.82, 2.24) is 0 Å². The van der Waals surface area contributed by atoms with Crippen LogP contribution in [0.4, 0.5) is 13.2 Å². The van der Waals surface area contributed by atoms with Gasteiger partial charge in [-0.1, -0.05) is 6.07 Å². The molecule has 1 aromatic rings. The van der Waals surface area contributed by atoms with Crippen molar-refractivity contribution in [1.29, 1.82) is 0 Å². The van der Waals surface area contributed by atoms with Gasteiger partial charge in [0.15, 0.2) is 17.5 Å². The average molecular weight is 301 g/mol. The summed E-state index contributed by atoms with van der Waals surface area (Å²) in [6, 6.07) is 1.47. The Labute approximate surface area is 121 Å². The van der Waals surface area contributed by atoms with E-state index < -0.39 is 23.5 Å². The van der Waals surface area contributed by atoms with Gasteiger partial charge in [0.25, 0.3) is 0 Å². The first kappa shape index (κ1) is 14.8. The highest BCUT2D eigenvalue weighted by Gasteiger charge is 2.43. The quantitative estimate of drug-likeness (QED) is 0.854. The van der Waals surface area contributed by atoms with Crippen LogP contribution in [0.1, 0.15) is 30.9 Å². The highest BCUT2D eigenvalue weighted by atomic mass is 19.2. The molecule has 2 heterocycles. The third kappa shape index (κ3) is 2.67. The fraction of sp³-hybridized carbons (Fsp3) is 0.600. The monoisotopic (exact) mass is 301 g/mol. The number of ether oxygens (including phenoxy) is 2. The van der Waals surface area contributed by atoms with Crippen LogP contribution in [0.5, 0.6) is 0 Å². The molecule has 1 aromatic carbocycles. The summed E-state index contributed by atoms with van der Waals surface area (Å²) in [6.45, 7) is 1.67. The molecular weight excluding hydrogens is 283 g/mol. The molecule has 2 aliphatic heterocycles. The summed E-state index contributed by atoms with van der Waals surface area (Å²) in [5, 5.41) is 0. The van der Waals surface area contributed by atoms with E-state index in [1.807, 2.05) is 0 Å². The van der Waals surface area contributed by atoms with Gasteiger partial charge in [0, 0.05) is 31.2 Å². The first-order chi connectivity index (χ1) is 10.0. The number of hydrogen-bond acceptors (Lipinski definition) is 3. The minimum Gasteiger partial charge on any atom is -0.378 e. The molecule has 2 fully saturated rings. The van der Waals surface area contributed by atoms with E-state index in [1.165, 1.54) is 6.07 Å². The molecule has 0 bridgehead atoms. The number of rotatable bonds is 2. The van der Waals surface area contributed by atoms with Crippen LogP contribution < -0.4 is 5.73 Å². The molecule has 1 spiro atoms. The molecule has 0 radical (unpaired) electrons. The van der Waals surface area contributed by atoms with Crippen molar-refractivity contribution in [2.24, 2.45) is 11.7 Å². The Kier molecular flexibility index (Phi) is 3.94. The normalized spacial score (nSPS) is 30.8. The molecule has 2 aliphatic rings. The van der Waals surface area contributed by atoms with Gasteiger partial charge in [-0.3, -0.25) is 0 Å². The summed E-state index contributed by atoms with van der Waals surface area (Å²) >= 11 is 0. The van der Waals surface area contributed by atoms with Gasteiger partial charge in [-0.2, -0.15) is 0 Å². The van der Waals surface area contributed by atoms with Gasteiger partial charge in [-0.05, 0) is 24.8 Å². The first-order valence-electron chi connectivity index (χ1n) is 7.13. The highest BCUT2D eigenvalue weighted by Crippen LogP contribution is 2.40. The predicted octanol–water partition coefficient (Wildman–Crippen LogP) is 2.69. The number of hydrogen-bond donors (Lipinski definition) is 1. The Bertz CT molecular complexity index is 532. The molecule has 0 aromatic heterocycles. The van der Waals surface area contributed by atoms with Crippen molar-refractivity contribution < 1.29 is 22.6 Å². The Morgan fingerprint density at radius 1 is 1.19 bits per heavy atom. The fourth-order valence-corrected chi connectivity index (χ4v) is 3.29. The molecule has 116 valence electrons. The lowest BCUT2D eigenvalue weighted by Gasteiger charge is -2.39. The zero-order valence-electron chi connectivity index (χ0n) is 11.6. The summed E-state index contributed by atoms with van der Waals surface area (Å²) in [5.74, 6) is -3.89. The van der Waals surface area contributed by atoms with Crippen molar-refractivity contribution in [3.63, 3.8) is 0 Å². The zero-order valence-corrected chi connectivity index (χ0v) is 11.6. The number of benzene rings is 1. The molecule has 6 heteroatoms. The standard InChI is InChI=1S/C15H18F3NO2/c16-11-2-1-10(12(17)13(11)18)14(19)9-3-5-21-15(7-9)4-6-20-8-15/h1-2,9,14H,3-8,19H2. The lowest BCUT2D eigenvalue weighted by Crippen LogP contribution is -2.43. The molecule has 0 aliphatic carbocycles. The molecule has 2 N–H and O–H groups in total. The molecular formula is C15H18F3NO2. The smallest absolute Gasteiger partial charge is 0.194 e. The molecule has 21 heavy (non-hydrogen) atoms. The molecule has 3 atom stereocenters. The zero-order chi connectivity index (χ0) is 15.0. The van der Waals surface area contributed by atoms with Crippen LogP contribution in [0.3, 0.4) is 0 Å². The summed E-state index contributed by atoms with van der Waals surface area (Å²) in [6.07, 6.45) is 2.10. The average Bonchev–Trinajstić information content (AvgIpc) is 2.92. The number of halogens is 3. The molecule has 0 saturated carbocycles. The van der Waals surface area contributed by atoms with Gasteiger partial charge in [0.1, 0.15) is 0 Å². The van der Waals surface area contributed by atoms with Crippen molar-refractivity contribution in [3.05, 3.63) is 35.1 Å². The van der Waals surface area contributed by atoms with Crippen molar-refractivity contribution in [2.45, 2.75) is 30.9 Å². The SMILES string of the molecule is NC(c1ccc(F)c(F)c1F)C1CCOC2(CCOC2)C1. The Morgan fingerprint density at radius 3 is 2.71 bits per heavy atom. The van der Waals surface area contributed by atoms with Crippen LogP contribution in [-0.2, 0) is 9.47 Å². The summed E-state index contributed by atoms with van der Waals surface area (Å²) in [5.41, 5.74) is 5.79. The van der Waals surface area contributed by atoms with E-state index in [1.54, 1.807) is 0 Å². The van der Waals surface area contributed by atoms with Gasteiger partial charge in [0.2, 0.25) is 0 Å². The molecule has 3 nitrogen and oxygen atoms in total. The van der Waals surface area contributed by atoms with E-state index in [9.17, 15) is 13.2 Å².